The van der Waals surface area contributed by atoms with E-state index < -0.39 is 0 Å². The van der Waals surface area contributed by atoms with Gasteiger partial charge in [0.05, 0.1) is 11.6 Å². The second-order valence-corrected chi connectivity index (χ2v) is 4.61. The van der Waals surface area contributed by atoms with Gasteiger partial charge in [-0.05, 0) is 31.0 Å². The highest BCUT2D eigenvalue weighted by molar-refractivity contribution is 6.31. The molecule has 1 amide bonds. The molecule has 3 nitrogen and oxygen atoms in total. The Labute approximate surface area is 119 Å². The minimum Gasteiger partial charge on any atom is -0.326 e. The van der Waals surface area contributed by atoms with E-state index in [1.54, 1.807) is 18.2 Å². The van der Waals surface area contributed by atoms with Gasteiger partial charge in [0.1, 0.15) is 0 Å². The summed E-state index contributed by atoms with van der Waals surface area (Å²) < 4.78 is 0. The summed E-state index contributed by atoms with van der Waals surface area (Å²) in [6.07, 6.45) is 1.66. The van der Waals surface area contributed by atoms with Gasteiger partial charge in [0.25, 0.3) is 0 Å². The van der Waals surface area contributed by atoms with Crippen molar-refractivity contribution in [2.45, 2.75) is 26.7 Å². The predicted octanol–water partition coefficient (Wildman–Crippen LogP) is 3.02. The minimum absolute atomic E-state index is 0.0325. The van der Waals surface area contributed by atoms with E-state index in [1.165, 1.54) is 0 Å². The third kappa shape index (κ3) is 4.59. The molecule has 0 aliphatic carbocycles. The number of hydrogen-bond donors (Lipinski definition) is 2. The first-order valence-corrected chi connectivity index (χ1v) is 6.79. The Hall–Kier alpha value is -1.50. The average Bonchev–Trinajstić information content (AvgIpc) is 2.40. The molecule has 0 bridgehead atoms. The standard InChI is InChI=1S/C15H19ClN2O/c1-3-11(4-2)15(19)18-13-7-8-14(16)12(10-13)6-5-9-17/h7-8,10-11H,3-4,9,17H2,1-2H3,(H,18,19). The molecule has 0 spiro atoms. The van der Waals surface area contributed by atoms with Crippen LogP contribution in [-0.4, -0.2) is 12.5 Å². The van der Waals surface area contributed by atoms with Crippen molar-refractivity contribution in [1.29, 1.82) is 0 Å². The third-order valence-corrected chi connectivity index (χ3v) is 3.24. The second-order valence-electron chi connectivity index (χ2n) is 4.20. The van der Waals surface area contributed by atoms with Gasteiger partial charge in [0.2, 0.25) is 5.91 Å². The Bertz CT molecular complexity index is 499. The highest BCUT2D eigenvalue weighted by atomic mass is 35.5. The Kier molecular flexibility index (Phi) is 6.41. The molecule has 0 heterocycles. The summed E-state index contributed by atoms with van der Waals surface area (Å²) >= 11 is 6.03. The monoisotopic (exact) mass is 278 g/mol. The maximum atomic E-state index is 12.0. The van der Waals surface area contributed by atoms with Crippen molar-refractivity contribution in [3.05, 3.63) is 28.8 Å². The molecule has 1 rings (SSSR count). The van der Waals surface area contributed by atoms with Gasteiger partial charge in [0.15, 0.2) is 0 Å². The van der Waals surface area contributed by atoms with E-state index in [2.05, 4.69) is 17.2 Å². The summed E-state index contributed by atoms with van der Waals surface area (Å²) in [6, 6.07) is 5.27. The van der Waals surface area contributed by atoms with Gasteiger partial charge in [-0.3, -0.25) is 4.79 Å². The van der Waals surface area contributed by atoms with E-state index in [0.717, 1.165) is 12.8 Å². The number of carbonyl (C=O) groups is 1. The van der Waals surface area contributed by atoms with Gasteiger partial charge in [-0.15, -0.1) is 0 Å². The third-order valence-electron chi connectivity index (χ3n) is 2.92. The molecule has 1 aromatic rings. The zero-order valence-corrected chi connectivity index (χ0v) is 12.1. The number of benzene rings is 1. The topological polar surface area (TPSA) is 55.1 Å². The van der Waals surface area contributed by atoms with Gasteiger partial charge in [0, 0.05) is 17.2 Å². The van der Waals surface area contributed by atoms with Crippen LogP contribution in [0, 0.1) is 17.8 Å². The van der Waals surface area contributed by atoms with Crippen molar-refractivity contribution >= 4 is 23.2 Å². The summed E-state index contributed by atoms with van der Waals surface area (Å²) in [5.41, 5.74) is 6.72. The van der Waals surface area contributed by atoms with Gasteiger partial charge in [-0.25, -0.2) is 0 Å². The zero-order chi connectivity index (χ0) is 14.3. The number of anilines is 1. The number of nitrogens with two attached hydrogens (primary N) is 1. The van der Waals surface area contributed by atoms with E-state index in [1.807, 2.05) is 13.8 Å². The average molecular weight is 279 g/mol. The molecule has 0 radical (unpaired) electrons. The summed E-state index contributed by atoms with van der Waals surface area (Å²) in [4.78, 5) is 12.0. The quantitative estimate of drug-likeness (QED) is 0.832. The maximum absolute atomic E-state index is 12.0. The first-order valence-electron chi connectivity index (χ1n) is 6.41. The van der Waals surface area contributed by atoms with Crippen LogP contribution in [0.4, 0.5) is 5.69 Å². The van der Waals surface area contributed by atoms with E-state index in [9.17, 15) is 4.79 Å². The van der Waals surface area contributed by atoms with Gasteiger partial charge >= 0.3 is 0 Å². The van der Waals surface area contributed by atoms with Crippen LogP contribution in [0.3, 0.4) is 0 Å². The van der Waals surface area contributed by atoms with Crippen molar-refractivity contribution < 1.29 is 4.79 Å². The Morgan fingerprint density at radius 2 is 2.11 bits per heavy atom. The summed E-state index contributed by atoms with van der Waals surface area (Å²) in [5, 5.41) is 3.45. The number of halogens is 1. The molecule has 0 atom stereocenters. The van der Waals surface area contributed by atoms with Crippen LogP contribution < -0.4 is 11.1 Å². The molecule has 0 aliphatic rings. The molecule has 0 aliphatic heterocycles. The first kappa shape index (κ1) is 15.6. The highest BCUT2D eigenvalue weighted by Crippen LogP contribution is 2.21. The van der Waals surface area contributed by atoms with Crippen LogP contribution in [0.1, 0.15) is 32.3 Å². The number of rotatable bonds is 4. The molecule has 0 fully saturated rings. The Morgan fingerprint density at radius 1 is 1.42 bits per heavy atom. The molecular weight excluding hydrogens is 260 g/mol. The molecule has 3 N–H and O–H groups in total. The van der Waals surface area contributed by atoms with E-state index >= 15 is 0 Å². The second kappa shape index (κ2) is 7.83. The van der Waals surface area contributed by atoms with E-state index in [0.29, 0.717) is 16.3 Å². The molecule has 1 aromatic carbocycles. The fourth-order valence-electron chi connectivity index (χ4n) is 1.75. The van der Waals surface area contributed by atoms with Crippen LogP contribution >= 0.6 is 11.6 Å². The first-order chi connectivity index (χ1) is 9.12. The largest absolute Gasteiger partial charge is 0.326 e. The van der Waals surface area contributed by atoms with E-state index in [-0.39, 0.29) is 18.4 Å². The molecule has 0 aromatic heterocycles. The lowest BCUT2D eigenvalue weighted by atomic mass is 10.0. The predicted molar refractivity (Wildman–Crippen MR) is 80.1 cm³/mol. The molecule has 0 saturated carbocycles. The lowest BCUT2D eigenvalue weighted by Gasteiger charge is -2.13. The fourth-order valence-corrected chi connectivity index (χ4v) is 1.91. The smallest absolute Gasteiger partial charge is 0.227 e. The molecule has 102 valence electrons. The van der Waals surface area contributed by atoms with Crippen LogP contribution in [0.2, 0.25) is 5.02 Å². The molecule has 0 saturated heterocycles. The SMILES string of the molecule is CCC(CC)C(=O)Nc1ccc(Cl)c(C#CCN)c1. The summed E-state index contributed by atoms with van der Waals surface area (Å²) in [6.45, 7) is 4.29. The van der Waals surface area contributed by atoms with Gasteiger partial charge in [-0.2, -0.15) is 0 Å². The molecule has 4 heteroatoms. The lowest BCUT2D eigenvalue weighted by Crippen LogP contribution is -2.21. The van der Waals surface area contributed by atoms with Crippen LogP contribution in [-0.2, 0) is 4.79 Å². The van der Waals surface area contributed by atoms with Crippen molar-refractivity contribution in [1.82, 2.24) is 0 Å². The van der Waals surface area contributed by atoms with Crippen molar-refractivity contribution in [2.75, 3.05) is 11.9 Å². The minimum atomic E-state index is 0.0325. The Balaban J connectivity index is 2.88. The van der Waals surface area contributed by atoms with Gasteiger partial charge < -0.3 is 11.1 Å². The van der Waals surface area contributed by atoms with Crippen LogP contribution in [0.25, 0.3) is 0 Å². The maximum Gasteiger partial charge on any atom is 0.227 e. The number of nitrogens with one attached hydrogen (secondary N) is 1. The number of carbonyl (C=O) groups excluding carboxylic acids is 1. The lowest BCUT2D eigenvalue weighted by molar-refractivity contribution is -0.120. The summed E-state index contributed by atoms with van der Waals surface area (Å²) in [5.74, 6) is 5.71. The molecule has 19 heavy (non-hydrogen) atoms. The summed E-state index contributed by atoms with van der Waals surface area (Å²) in [7, 11) is 0. The molecule has 0 unspecified atom stereocenters. The van der Waals surface area contributed by atoms with Crippen LogP contribution in [0.15, 0.2) is 18.2 Å². The van der Waals surface area contributed by atoms with Crippen LogP contribution in [0.5, 0.6) is 0 Å². The molecular formula is C15H19ClN2O. The van der Waals surface area contributed by atoms with E-state index in [4.69, 9.17) is 17.3 Å². The zero-order valence-electron chi connectivity index (χ0n) is 11.3. The van der Waals surface area contributed by atoms with Crippen molar-refractivity contribution in [2.24, 2.45) is 11.7 Å². The number of hydrogen-bond acceptors (Lipinski definition) is 2. The van der Waals surface area contributed by atoms with Gasteiger partial charge in [-0.1, -0.05) is 37.3 Å². The normalized spacial score (nSPS) is 9.95. The highest BCUT2D eigenvalue weighted by Gasteiger charge is 2.14. The van der Waals surface area contributed by atoms with Crippen molar-refractivity contribution in [3.8, 4) is 11.8 Å². The number of amides is 1. The Morgan fingerprint density at radius 3 is 2.68 bits per heavy atom. The fraction of sp³-hybridized carbons (Fsp3) is 0.400. The van der Waals surface area contributed by atoms with Crippen molar-refractivity contribution in [3.63, 3.8) is 0 Å².